The van der Waals surface area contributed by atoms with Crippen LogP contribution in [0.4, 0.5) is 5.69 Å². The van der Waals surface area contributed by atoms with Gasteiger partial charge in [0, 0.05) is 22.6 Å². The molecule has 1 N–H and O–H groups in total. The predicted octanol–water partition coefficient (Wildman–Crippen LogP) is 4.11. The molecule has 0 radical (unpaired) electrons. The van der Waals surface area contributed by atoms with Crippen LogP contribution in [-0.2, 0) is 4.79 Å². The van der Waals surface area contributed by atoms with Crippen molar-refractivity contribution < 1.29 is 14.0 Å². The highest BCUT2D eigenvalue weighted by atomic mass is 32.2. The van der Waals surface area contributed by atoms with Crippen LogP contribution in [0, 0.1) is 13.8 Å². The minimum absolute atomic E-state index is 0.153. The van der Waals surface area contributed by atoms with Crippen molar-refractivity contribution in [3.05, 3.63) is 71.7 Å². The Kier molecular flexibility index (Phi) is 5.40. The maximum atomic E-state index is 13.0. The first-order valence-corrected chi connectivity index (χ1v) is 10.4. The SMILES string of the molecule is Cc1ccc(NC(=O)C2CSCN2C(=O)c2ccc(-c3cnco3)cc2)cc1C. The first-order valence-electron chi connectivity index (χ1n) is 9.28. The number of thioether (sulfide) groups is 1. The summed E-state index contributed by atoms with van der Waals surface area (Å²) in [5.41, 5.74) is 4.42. The number of hydrogen-bond acceptors (Lipinski definition) is 5. The predicted molar refractivity (Wildman–Crippen MR) is 114 cm³/mol. The smallest absolute Gasteiger partial charge is 0.255 e. The van der Waals surface area contributed by atoms with Crippen molar-refractivity contribution >= 4 is 29.3 Å². The largest absolute Gasteiger partial charge is 0.444 e. The maximum Gasteiger partial charge on any atom is 0.255 e. The van der Waals surface area contributed by atoms with Gasteiger partial charge in [-0.3, -0.25) is 9.59 Å². The molecule has 0 bridgehead atoms. The highest BCUT2D eigenvalue weighted by Crippen LogP contribution is 2.26. The second-order valence-electron chi connectivity index (χ2n) is 7.02. The zero-order valence-electron chi connectivity index (χ0n) is 16.2. The van der Waals surface area contributed by atoms with Gasteiger partial charge in [0.1, 0.15) is 6.04 Å². The summed E-state index contributed by atoms with van der Waals surface area (Å²) >= 11 is 1.58. The number of nitrogens with zero attached hydrogens (tertiary/aromatic N) is 2. The average Bonchev–Trinajstić information content (AvgIpc) is 3.42. The van der Waals surface area contributed by atoms with E-state index in [1.165, 1.54) is 12.0 Å². The Bertz CT molecular complexity index is 1030. The lowest BCUT2D eigenvalue weighted by Crippen LogP contribution is -2.44. The summed E-state index contributed by atoms with van der Waals surface area (Å²) in [6.45, 7) is 4.04. The molecule has 29 heavy (non-hydrogen) atoms. The number of carbonyl (C=O) groups excluding carboxylic acids is 2. The number of nitrogens with one attached hydrogen (secondary N) is 1. The zero-order valence-corrected chi connectivity index (χ0v) is 17.0. The lowest BCUT2D eigenvalue weighted by Gasteiger charge is -2.23. The van der Waals surface area contributed by atoms with E-state index in [0.29, 0.717) is 23.0 Å². The van der Waals surface area contributed by atoms with Gasteiger partial charge in [0.25, 0.3) is 5.91 Å². The van der Waals surface area contributed by atoms with Crippen LogP contribution in [0.2, 0.25) is 0 Å². The third kappa shape index (κ3) is 4.05. The third-order valence-electron chi connectivity index (χ3n) is 5.07. The van der Waals surface area contributed by atoms with E-state index in [1.807, 2.05) is 44.2 Å². The number of carbonyl (C=O) groups is 2. The normalized spacial score (nSPS) is 16.1. The Hall–Kier alpha value is -3.06. The van der Waals surface area contributed by atoms with Crippen LogP contribution in [0.1, 0.15) is 21.5 Å². The quantitative estimate of drug-likeness (QED) is 0.704. The summed E-state index contributed by atoms with van der Waals surface area (Å²) in [5.74, 6) is 1.40. The van der Waals surface area contributed by atoms with E-state index in [0.717, 1.165) is 16.8 Å². The van der Waals surface area contributed by atoms with Gasteiger partial charge in [-0.2, -0.15) is 0 Å². The van der Waals surface area contributed by atoms with Crippen LogP contribution in [0.3, 0.4) is 0 Å². The van der Waals surface area contributed by atoms with Crippen LogP contribution < -0.4 is 5.32 Å². The van der Waals surface area contributed by atoms with E-state index >= 15 is 0 Å². The van der Waals surface area contributed by atoms with E-state index in [9.17, 15) is 9.59 Å². The summed E-state index contributed by atoms with van der Waals surface area (Å²) in [4.78, 5) is 31.4. The number of hydrogen-bond donors (Lipinski definition) is 1. The third-order valence-corrected chi connectivity index (χ3v) is 6.08. The van der Waals surface area contributed by atoms with E-state index in [4.69, 9.17) is 4.42 Å². The number of aryl methyl sites for hydroxylation is 2. The van der Waals surface area contributed by atoms with Gasteiger partial charge in [-0.05, 0) is 49.2 Å². The van der Waals surface area contributed by atoms with Gasteiger partial charge >= 0.3 is 0 Å². The molecule has 1 fully saturated rings. The van der Waals surface area contributed by atoms with Gasteiger partial charge in [-0.25, -0.2) is 4.98 Å². The molecule has 1 unspecified atom stereocenters. The minimum Gasteiger partial charge on any atom is -0.444 e. The minimum atomic E-state index is -0.497. The fourth-order valence-electron chi connectivity index (χ4n) is 3.21. The van der Waals surface area contributed by atoms with Crippen molar-refractivity contribution in [2.75, 3.05) is 16.9 Å². The number of anilines is 1. The Labute approximate surface area is 173 Å². The molecule has 148 valence electrons. The number of rotatable bonds is 4. The lowest BCUT2D eigenvalue weighted by molar-refractivity contribution is -0.119. The van der Waals surface area contributed by atoms with Crippen molar-refractivity contribution in [3.63, 3.8) is 0 Å². The Morgan fingerprint density at radius 1 is 1.14 bits per heavy atom. The molecule has 4 rings (SSSR count). The van der Waals surface area contributed by atoms with Gasteiger partial charge < -0.3 is 14.6 Å². The standard InChI is InChI=1S/C22H21N3O3S/c1-14-3-8-18(9-15(14)2)24-21(26)19-11-29-13-25(19)22(27)17-6-4-16(5-7-17)20-10-23-12-28-20/h3-10,12,19H,11,13H2,1-2H3,(H,24,26). The fourth-order valence-corrected chi connectivity index (χ4v) is 4.36. The summed E-state index contributed by atoms with van der Waals surface area (Å²) in [6, 6.07) is 12.5. The van der Waals surface area contributed by atoms with Crippen molar-refractivity contribution in [3.8, 4) is 11.3 Å². The molecule has 1 atom stereocenters. The highest BCUT2D eigenvalue weighted by Gasteiger charge is 2.35. The molecule has 7 heteroatoms. The molecule has 1 aliphatic heterocycles. The number of benzene rings is 2. The van der Waals surface area contributed by atoms with Crippen LogP contribution >= 0.6 is 11.8 Å². The van der Waals surface area contributed by atoms with Crippen molar-refractivity contribution in [2.24, 2.45) is 0 Å². The van der Waals surface area contributed by atoms with Crippen molar-refractivity contribution in [2.45, 2.75) is 19.9 Å². The van der Waals surface area contributed by atoms with Gasteiger partial charge in [-0.1, -0.05) is 18.2 Å². The molecule has 2 heterocycles. The van der Waals surface area contributed by atoms with Crippen LogP contribution in [0.15, 0.2) is 59.5 Å². The van der Waals surface area contributed by atoms with E-state index < -0.39 is 6.04 Å². The molecular weight excluding hydrogens is 386 g/mol. The first-order chi connectivity index (χ1) is 14.0. The molecule has 0 aliphatic carbocycles. The molecule has 2 amide bonds. The molecule has 1 aromatic heterocycles. The Morgan fingerprint density at radius 3 is 2.62 bits per heavy atom. The molecule has 2 aromatic carbocycles. The summed E-state index contributed by atoms with van der Waals surface area (Å²) in [5, 5.41) is 2.95. The van der Waals surface area contributed by atoms with Gasteiger partial charge in [0.15, 0.2) is 12.2 Å². The van der Waals surface area contributed by atoms with Crippen LogP contribution in [0.25, 0.3) is 11.3 Å². The molecule has 1 saturated heterocycles. The average molecular weight is 407 g/mol. The van der Waals surface area contributed by atoms with Gasteiger partial charge in [-0.15, -0.1) is 11.8 Å². The Morgan fingerprint density at radius 2 is 1.93 bits per heavy atom. The van der Waals surface area contributed by atoms with Gasteiger partial charge in [0.2, 0.25) is 5.91 Å². The van der Waals surface area contributed by atoms with Gasteiger partial charge in [0.05, 0.1) is 12.1 Å². The summed E-state index contributed by atoms with van der Waals surface area (Å²) < 4.78 is 5.28. The monoisotopic (exact) mass is 407 g/mol. The second-order valence-corrected chi connectivity index (χ2v) is 8.02. The zero-order chi connectivity index (χ0) is 20.4. The maximum absolute atomic E-state index is 13.0. The topological polar surface area (TPSA) is 75.4 Å². The molecule has 6 nitrogen and oxygen atoms in total. The molecule has 0 spiro atoms. The van der Waals surface area contributed by atoms with Crippen LogP contribution in [-0.4, -0.2) is 39.4 Å². The first kappa shape index (κ1) is 19.3. The number of oxazole rings is 1. The number of amides is 2. The van der Waals surface area contributed by atoms with Crippen LogP contribution in [0.5, 0.6) is 0 Å². The van der Waals surface area contributed by atoms with E-state index in [-0.39, 0.29) is 11.8 Å². The Balaban J connectivity index is 1.47. The molecule has 3 aromatic rings. The van der Waals surface area contributed by atoms with Crippen molar-refractivity contribution in [1.82, 2.24) is 9.88 Å². The second kappa shape index (κ2) is 8.13. The highest BCUT2D eigenvalue weighted by molar-refractivity contribution is 7.99. The fraction of sp³-hybridized carbons (Fsp3) is 0.227. The van der Waals surface area contributed by atoms with E-state index in [2.05, 4.69) is 10.3 Å². The summed E-state index contributed by atoms with van der Waals surface area (Å²) in [7, 11) is 0. The molecule has 1 aliphatic rings. The summed E-state index contributed by atoms with van der Waals surface area (Å²) in [6.07, 6.45) is 3.00. The van der Waals surface area contributed by atoms with Crippen molar-refractivity contribution in [1.29, 1.82) is 0 Å². The molecular formula is C22H21N3O3S. The lowest BCUT2D eigenvalue weighted by atomic mass is 10.1. The molecule has 0 saturated carbocycles. The number of aromatic nitrogens is 1. The van der Waals surface area contributed by atoms with E-state index in [1.54, 1.807) is 35.0 Å².